The van der Waals surface area contributed by atoms with Crippen molar-refractivity contribution in [2.75, 3.05) is 7.11 Å². The molecule has 0 bridgehead atoms. The van der Waals surface area contributed by atoms with Crippen molar-refractivity contribution in [3.8, 4) is 5.75 Å². The van der Waals surface area contributed by atoms with E-state index in [0.717, 1.165) is 25.7 Å². The topological polar surface area (TPSA) is 107 Å². The van der Waals surface area contributed by atoms with E-state index >= 15 is 0 Å². The molecule has 2 rings (SSSR count). The maximum absolute atomic E-state index is 12.3. The zero-order chi connectivity index (χ0) is 15.4. The van der Waals surface area contributed by atoms with E-state index in [-0.39, 0.29) is 29.4 Å². The van der Waals surface area contributed by atoms with Gasteiger partial charge in [0.25, 0.3) is 11.6 Å². The van der Waals surface area contributed by atoms with Gasteiger partial charge in [-0.15, -0.1) is 0 Å². The number of amides is 1. The van der Waals surface area contributed by atoms with E-state index in [9.17, 15) is 14.9 Å². The Labute approximate surface area is 122 Å². The zero-order valence-electron chi connectivity index (χ0n) is 11.9. The zero-order valence-corrected chi connectivity index (χ0v) is 11.9. The summed E-state index contributed by atoms with van der Waals surface area (Å²) in [5, 5.41) is 13.7. The standard InChI is InChI=1S/C14H19N3O4/c1-21-13-8-11(17(19)20)6-7-12(13)14(18)16-10-4-2-9(15)3-5-10/h6-10H,2-5,15H2,1H3,(H,16,18). The Morgan fingerprint density at radius 3 is 2.62 bits per heavy atom. The molecule has 0 radical (unpaired) electrons. The summed E-state index contributed by atoms with van der Waals surface area (Å²) in [6, 6.07) is 4.28. The van der Waals surface area contributed by atoms with Crippen molar-refractivity contribution in [3.05, 3.63) is 33.9 Å². The first-order valence-electron chi connectivity index (χ1n) is 6.90. The third-order valence-corrected chi connectivity index (χ3v) is 3.75. The molecule has 1 aromatic carbocycles. The van der Waals surface area contributed by atoms with Crippen LogP contribution in [0.15, 0.2) is 18.2 Å². The number of nitrogens with zero attached hydrogens (tertiary/aromatic N) is 1. The number of rotatable bonds is 4. The number of nitrogens with two attached hydrogens (primary N) is 1. The molecule has 1 aliphatic rings. The molecule has 0 aliphatic heterocycles. The van der Waals surface area contributed by atoms with Crippen molar-refractivity contribution in [1.82, 2.24) is 5.32 Å². The lowest BCUT2D eigenvalue weighted by Crippen LogP contribution is -2.40. The summed E-state index contributed by atoms with van der Waals surface area (Å²) in [5.41, 5.74) is 6.03. The summed E-state index contributed by atoms with van der Waals surface area (Å²) < 4.78 is 5.08. The van der Waals surface area contributed by atoms with Crippen LogP contribution < -0.4 is 15.8 Å². The van der Waals surface area contributed by atoms with Crippen LogP contribution in [0.4, 0.5) is 5.69 Å². The molecule has 0 spiro atoms. The molecule has 1 aliphatic carbocycles. The normalized spacial score (nSPS) is 21.6. The number of ether oxygens (including phenoxy) is 1. The van der Waals surface area contributed by atoms with Crippen LogP contribution in [0, 0.1) is 10.1 Å². The van der Waals surface area contributed by atoms with Gasteiger partial charge in [0.2, 0.25) is 0 Å². The van der Waals surface area contributed by atoms with E-state index in [0.29, 0.717) is 5.56 Å². The molecule has 0 aromatic heterocycles. The Morgan fingerprint density at radius 2 is 2.05 bits per heavy atom. The Morgan fingerprint density at radius 1 is 1.38 bits per heavy atom. The summed E-state index contributed by atoms with van der Waals surface area (Å²) in [4.78, 5) is 22.5. The number of hydrogen-bond donors (Lipinski definition) is 2. The highest BCUT2D eigenvalue weighted by Crippen LogP contribution is 2.25. The molecule has 21 heavy (non-hydrogen) atoms. The number of nitro groups is 1. The van der Waals surface area contributed by atoms with Gasteiger partial charge >= 0.3 is 0 Å². The van der Waals surface area contributed by atoms with Gasteiger partial charge in [0.05, 0.1) is 23.7 Å². The minimum absolute atomic E-state index is 0.0946. The van der Waals surface area contributed by atoms with Crippen molar-refractivity contribution >= 4 is 11.6 Å². The number of non-ortho nitro benzene ring substituents is 1. The summed E-state index contributed by atoms with van der Waals surface area (Å²) in [6.07, 6.45) is 3.48. The van der Waals surface area contributed by atoms with E-state index in [1.165, 1.54) is 25.3 Å². The predicted octanol–water partition coefficient (Wildman–Crippen LogP) is 1.60. The maximum atomic E-state index is 12.3. The fourth-order valence-corrected chi connectivity index (χ4v) is 2.51. The van der Waals surface area contributed by atoms with Gasteiger partial charge in [0.15, 0.2) is 0 Å². The van der Waals surface area contributed by atoms with Gasteiger partial charge in [-0.1, -0.05) is 0 Å². The fourth-order valence-electron chi connectivity index (χ4n) is 2.51. The minimum Gasteiger partial charge on any atom is -0.496 e. The largest absolute Gasteiger partial charge is 0.496 e. The van der Waals surface area contributed by atoms with Gasteiger partial charge in [-0.3, -0.25) is 14.9 Å². The number of carbonyl (C=O) groups is 1. The van der Waals surface area contributed by atoms with Crippen molar-refractivity contribution in [1.29, 1.82) is 0 Å². The van der Waals surface area contributed by atoms with Crippen LogP contribution in [0.1, 0.15) is 36.0 Å². The number of nitro benzene ring substituents is 1. The predicted molar refractivity (Wildman–Crippen MR) is 77.3 cm³/mol. The molecule has 1 saturated carbocycles. The van der Waals surface area contributed by atoms with Gasteiger partial charge in [-0.25, -0.2) is 0 Å². The van der Waals surface area contributed by atoms with Gasteiger partial charge in [-0.2, -0.15) is 0 Å². The second-order valence-electron chi connectivity index (χ2n) is 5.23. The van der Waals surface area contributed by atoms with E-state index < -0.39 is 4.92 Å². The highest BCUT2D eigenvalue weighted by atomic mass is 16.6. The first-order chi connectivity index (χ1) is 10.0. The molecule has 1 fully saturated rings. The minimum atomic E-state index is -0.521. The van der Waals surface area contributed by atoms with Crippen LogP contribution in [0.5, 0.6) is 5.75 Å². The highest BCUT2D eigenvalue weighted by molar-refractivity contribution is 5.97. The molecule has 114 valence electrons. The molecule has 7 heteroatoms. The summed E-state index contributed by atoms with van der Waals surface area (Å²) >= 11 is 0. The lowest BCUT2D eigenvalue weighted by Gasteiger charge is -2.27. The molecule has 7 nitrogen and oxygen atoms in total. The van der Waals surface area contributed by atoms with Crippen molar-refractivity contribution < 1.29 is 14.5 Å². The lowest BCUT2D eigenvalue weighted by molar-refractivity contribution is -0.384. The van der Waals surface area contributed by atoms with Crippen LogP contribution in [-0.4, -0.2) is 30.0 Å². The fraction of sp³-hybridized carbons (Fsp3) is 0.500. The average molecular weight is 293 g/mol. The molecule has 0 unspecified atom stereocenters. The van der Waals surface area contributed by atoms with Gasteiger partial charge in [0, 0.05) is 18.2 Å². The van der Waals surface area contributed by atoms with E-state index in [1.54, 1.807) is 0 Å². The quantitative estimate of drug-likeness (QED) is 0.647. The molecular weight excluding hydrogens is 274 g/mol. The van der Waals surface area contributed by atoms with Gasteiger partial charge in [-0.05, 0) is 31.7 Å². The first kappa shape index (κ1) is 15.2. The van der Waals surface area contributed by atoms with E-state index in [4.69, 9.17) is 10.5 Å². The van der Waals surface area contributed by atoms with Crippen molar-refractivity contribution in [2.24, 2.45) is 5.73 Å². The first-order valence-corrected chi connectivity index (χ1v) is 6.90. The highest BCUT2D eigenvalue weighted by Gasteiger charge is 2.23. The third kappa shape index (κ3) is 3.69. The van der Waals surface area contributed by atoms with Crippen LogP contribution in [0.3, 0.4) is 0 Å². The Kier molecular flexibility index (Phi) is 4.74. The SMILES string of the molecule is COc1cc([N+](=O)[O-])ccc1C(=O)NC1CCC(N)CC1. The maximum Gasteiger partial charge on any atom is 0.273 e. The van der Waals surface area contributed by atoms with Gasteiger partial charge in [0.1, 0.15) is 5.75 Å². The molecular formula is C14H19N3O4. The number of hydrogen-bond acceptors (Lipinski definition) is 5. The molecule has 0 atom stereocenters. The average Bonchev–Trinajstić information content (AvgIpc) is 2.48. The van der Waals surface area contributed by atoms with Crippen LogP contribution in [0.25, 0.3) is 0 Å². The third-order valence-electron chi connectivity index (χ3n) is 3.75. The van der Waals surface area contributed by atoms with E-state index in [2.05, 4.69) is 5.32 Å². The molecule has 1 aromatic rings. The van der Waals surface area contributed by atoms with Crippen molar-refractivity contribution in [2.45, 2.75) is 37.8 Å². The molecule has 0 saturated heterocycles. The summed E-state index contributed by atoms with van der Waals surface area (Å²) in [5.74, 6) is -0.0727. The van der Waals surface area contributed by atoms with Crippen LogP contribution in [0.2, 0.25) is 0 Å². The Balaban J connectivity index is 2.10. The summed E-state index contributed by atoms with van der Waals surface area (Å²) in [7, 11) is 1.38. The number of nitrogens with one attached hydrogen (secondary N) is 1. The Bertz CT molecular complexity index is 539. The molecule has 0 heterocycles. The van der Waals surface area contributed by atoms with E-state index in [1.807, 2.05) is 0 Å². The molecule has 1 amide bonds. The Hall–Kier alpha value is -2.15. The lowest BCUT2D eigenvalue weighted by atomic mass is 9.91. The monoisotopic (exact) mass is 293 g/mol. The number of methoxy groups -OCH3 is 1. The van der Waals surface area contributed by atoms with Crippen LogP contribution >= 0.6 is 0 Å². The number of benzene rings is 1. The molecule has 3 N–H and O–H groups in total. The number of carbonyl (C=O) groups excluding carboxylic acids is 1. The van der Waals surface area contributed by atoms with Crippen LogP contribution in [-0.2, 0) is 0 Å². The smallest absolute Gasteiger partial charge is 0.273 e. The van der Waals surface area contributed by atoms with Crippen molar-refractivity contribution in [3.63, 3.8) is 0 Å². The van der Waals surface area contributed by atoms with Gasteiger partial charge < -0.3 is 15.8 Å². The second kappa shape index (κ2) is 6.53. The summed E-state index contributed by atoms with van der Waals surface area (Å²) in [6.45, 7) is 0. The second-order valence-corrected chi connectivity index (χ2v) is 5.23.